The van der Waals surface area contributed by atoms with Crippen molar-refractivity contribution in [2.24, 2.45) is 5.92 Å². The second kappa shape index (κ2) is 5.85. The van der Waals surface area contributed by atoms with Crippen molar-refractivity contribution in [3.8, 4) is 0 Å². The lowest BCUT2D eigenvalue weighted by Crippen LogP contribution is -2.50. The summed E-state index contributed by atoms with van der Waals surface area (Å²) in [6, 6.07) is 0.638. The third-order valence-electron chi connectivity index (χ3n) is 4.40. The maximum absolute atomic E-state index is 12.2. The van der Waals surface area contributed by atoms with E-state index in [-0.39, 0.29) is 5.92 Å². The molecule has 0 aromatic rings. The van der Waals surface area contributed by atoms with E-state index in [1.807, 2.05) is 0 Å². The van der Waals surface area contributed by atoms with Crippen molar-refractivity contribution in [2.75, 3.05) is 26.2 Å². The Balaban J connectivity index is 1.89. The van der Waals surface area contributed by atoms with Gasteiger partial charge in [-0.3, -0.25) is 9.69 Å². The van der Waals surface area contributed by atoms with Gasteiger partial charge in [-0.25, -0.2) is 0 Å². The Hall–Kier alpha value is -0.570. The number of piperidine rings is 1. The van der Waals surface area contributed by atoms with Crippen LogP contribution in [0.4, 0.5) is 0 Å². The lowest BCUT2D eigenvalue weighted by molar-refractivity contribution is -0.137. The van der Waals surface area contributed by atoms with E-state index in [4.69, 9.17) is 0 Å². The summed E-state index contributed by atoms with van der Waals surface area (Å²) in [5.74, 6) is 0.573. The number of rotatable bonds is 3. The van der Waals surface area contributed by atoms with E-state index in [0.717, 1.165) is 19.5 Å². The van der Waals surface area contributed by atoms with Crippen LogP contribution in [0.25, 0.3) is 0 Å². The minimum Gasteiger partial charge on any atom is -0.341 e. The first kappa shape index (κ1) is 12.9. The van der Waals surface area contributed by atoms with Gasteiger partial charge in [0.15, 0.2) is 0 Å². The molecule has 0 aromatic carbocycles. The Bertz CT molecular complexity index is 261. The van der Waals surface area contributed by atoms with Crippen LogP contribution in [0.15, 0.2) is 0 Å². The molecular formula is C14H26N2O. The van der Waals surface area contributed by atoms with Crippen LogP contribution in [0.1, 0.15) is 46.0 Å². The zero-order chi connectivity index (χ0) is 12.3. The molecule has 17 heavy (non-hydrogen) atoms. The van der Waals surface area contributed by atoms with E-state index >= 15 is 0 Å². The van der Waals surface area contributed by atoms with Crippen molar-refractivity contribution >= 4 is 5.91 Å². The van der Waals surface area contributed by atoms with Gasteiger partial charge >= 0.3 is 0 Å². The second-order valence-electron chi connectivity index (χ2n) is 5.63. The van der Waals surface area contributed by atoms with Gasteiger partial charge < -0.3 is 4.90 Å². The molecule has 2 rings (SSSR count). The molecule has 3 heteroatoms. The van der Waals surface area contributed by atoms with E-state index in [9.17, 15) is 4.79 Å². The fourth-order valence-electron chi connectivity index (χ4n) is 3.05. The number of hydrogen-bond donors (Lipinski definition) is 0. The molecule has 0 aromatic heterocycles. The zero-order valence-corrected chi connectivity index (χ0v) is 11.3. The molecule has 2 saturated heterocycles. The largest absolute Gasteiger partial charge is 0.341 e. The van der Waals surface area contributed by atoms with Crippen molar-refractivity contribution in [2.45, 2.75) is 52.0 Å². The number of nitrogens with zero attached hydrogens (tertiary/aromatic N) is 2. The van der Waals surface area contributed by atoms with Crippen LogP contribution in [0, 0.1) is 5.92 Å². The number of carbonyl (C=O) groups excluding carboxylic acids is 1. The Morgan fingerprint density at radius 2 is 1.94 bits per heavy atom. The molecule has 2 unspecified atom stereocenters. The Kier molecular flexibility index (Phi) is 4.43. The standard InChI is InChI=1S/C14H26N2O/c1-3-12(2)14(17)16-10-6-7-13(11-16)15-8-4-5-9-15/h12-13H,3-11H2,1-2H3. The molecule has 2 atom stereocenters. The SMILES string of the molecule is CCC(C)C(=O)N1CCCC(N2CCCC2)C1. The van der Waals surface area contributed by atoms with E-state index in [1.54, 1.807) is 0 Å². The molecule has 0 saturated carbocycles. The van der Waals surface area contributed by atoms with Gasteiger partial charge in [-0.1, -0.05) is 13.8 Å². The number of carbonyl (C=O) groups is 1. The monoisotopic (exact) mass is 238 g/mol. The summed E-state index contributed by atoms with van der Waals surface area (Å²) in [4.78, 5) is 16.9. The Morgan fingerprint density at radius 1 is 1.24 bits per heavy atom. The molecule has 2 aliphatic heterocycles. The van der Waals surface area contributed by atoms with E-state index in [0.29, 0.717) is 11.9 Å². The molecule has 0 bridgehead atoms. The molecule has 2 heterocycles. The predicted molar refractivity (Wildman–Crippen MR) is 69.9 cm³/mol. The fraction of sp³-hybridized carbons (Fsp3) is 0.929. The molecule has 2 fully saturated rings. The summed E-state index contributed by atoms with van der Waals surface area (Å²) in [5, 5.41) is 0. The van der Waals surface area contributed by atoms with Crippen molar-refractivity contribution in [1.82, 2.24) is 9.80 Å². The average Bonchev–Trinajstić information content (AvgIpc) is 2.91. The highest BCUT2D eigenvalue weighted by Crippen LogP contribution is 2.21. The summed E-state index contributed by atoms with van der Waals surface area (Å²) in [7, 11) is 0. The molecule has 0 radical (unpaired) electrons. The van der Waals surface area contributed by atoms with Gasteiger partial charge in [0.1, 0.15) is 0 Å². The summed E-state index contributed by atoms with van der Waals surface area (Å²) in [6.07, 6.45) is 6.11. The van der Waals surface area contributed by atoms with Crippen LogP contribution in [0.5, 0.6) is 0 Å². The van der Waals surface area contributed by atoms with Crippen LogP contribution >= 0.6 is 0 Å². The van der Waals surface area contributed by atoms with Crippen LogP contribution < -0.4 is 0 Å². The van der Waals surface area contributed by atoms with Crippen LogP contribution in [-0.2, 0) is 4.79 Å². The summed E-state index contributed by atoms with van der Waals surface area (Å²) < 4.78 is 0. The second-order valence-corrected chi connectivity index (χ2v) is 5.63. The minimum atomic E-state index is 0.201. The summed E-state index contributed by atoms with van der Waals surface area (Å²) in [6.45, 7) is 8.61. The highest BCUT2D eigenvalue weighted by Gasteiger charge is 2.30. The molecular weight excluding hydrogens is 212 g/mol. The summed E-state index contributed by atoms with van der Waals surface area (Å²) in [5.41, 5.74) is 0. The molecule has 0 N–H and O–H groups in total. The number of amides is 1. The maximum atomic E-state index is 12.2. The minimum absolute atomic E-state index is 0.201. The average molecular weight is 238 g/mol. The molecule has 98 valence electrons. The molecule has 0 aliphatic carbocycles. The lowest BCUT2D eigenvalue weighted by Gasteiger charge is -2.38. The van der Waals surface area contributed by atoms with Crippen LogP contribution in [-0.4, -0.2) is 47.9 Å². The van der Waals surface area contributed by atoms with Gasteiger partial charge in [0.25, 0.3) is 0 Å². The third-order valence-corrected chi connectivity index (χ3v) is 4.40. The summed E-state index contributed by atoms with van der Waals surface area (Å²) >= 11 is 0. The van der Waals surface area contributed by atoms with Gasteiger partial charge in [-0.15, -0.1) is 0 Å². The Morgan fingerprint density at radius 3 is 2.59 bits per heavy atom. The Labute approximate surface area is 105 Å². The topological polar surface area (TPSA) is 23.6 Å². The normalized spacial score (nSPS) is 28.4. The highest BCUT2D eigenvalue weighted by molar-refractivity contribution is 5.78. The maximum Gasteiger partial charge on any atom is 0.225 e. The van der Waals surface area contributed by atoms with Crippen LogP contribution in [0.2, 0.25) is 0 Å². The first-order valence-electron chi connectivity index (χ1n) is 7.25. The highest BCUT2D eigenvalue weighted by atomic mass is 16.2. The quantitative estimate of drug-likeness (QED) is 0.752. The first-order valence-corrected chi connectivity index (χ1v) is 7.25. The van der Waals surface area contributed by atoms with Gasteiger partial charge in [0.05, 0.1) is 0 Å². The van der Waals surface area contributed by atoms with Gasteiger partial charge in [-0.2, -0.15) is 0 Å². The third kappa shape index (κ3) is 3.01. The molecule has 2 aliphatic rings. The first-order chi connectivity index (χ1) is 8.22. The fourth-order valence-corrected chi connectivity index (χ4v) is 3.05. The van der Waals surface area contributed by atoms with Gasteiger partial charge in [0, 0.05) is 25.0 Å². The smallest absolute Gasteiger partial charge is 0.225 e. The van der Waals surface area contributed by atoms with E-state index in [1.165, 1.54) is 38.8 Å². The van der Waals surface area contributed by atoms with Gasteiger partial charge in [0.2, 0.25) is 5.91 Å². The molecule has 0 spiro atoms. The van der Waals surface area contributed by atoms with Crippen molar-refractivity contribution in [3.05, 3.63) is 0 Å². The molecule has 1 amide bonds. The van der Waals surface area contributed by atoms with Gasteiger partial charge in [-0.05, 0) is 45.2 Å². The molecule has 3 nitrogen and oxygen atoms in total. The van der Waals surface area contributed by atoms with E-state index in [2.05, 4.69) is 23.6 Å². The number of likely N-dealkylation sites (tertiary alicyclic amines) is 2. The predicted octanol–water partition coefficient (Wildman–Crippen LogP) is 2.12. The van der Waals surface area contributed by atoms with Crippen molar-refractivity contribution in [3.63, 3.8) is 0 Å². The van der Waals surface area contributed by atoms with E-state index < -0.39 is 0 Å². The van der Waals surface area contributed by atoms with Crippen LogP contribution in [0.3, 0.4) is 0 Å². The van der Waals surface area contributed by atoms with Crippen molar-refractivity contribution < 1.29 is 4.79 Å². The zero-order valence-electron chi connectivity index (χ0n) is 11.3. The van der Waals surface area contributed by atoms with Crippen molar-refractivity contribution in [1.29, 1.82) is 0 Å². The lowest BCUT2D eigenvalue weighted by atomic mass is 10.0. The number of hydrogen-bond acceptors (Lipinski definition) is 2.